The number of likely N-dealkylation sites (N-methyl/N-ethyl adjacent to an activating group) is 1. The first-order valence-corrected chi connectivity index (χ1v) is 9.20. The summed E-state index contributed by atoms with van der Waals surface area (Å²) in [7, 11) is 3.04. The molecule has 2 heterocycles. The second-order valence-electron chi connectivity index (χ2n) is 6.84. The minimum absolute atomic E-state index is 0.267. The molecule has 0 fully saturated rings. The third-order valence-electron chi connectivity index (χ3n) is 5.07. The molecule has 2 amide bonds. The molecule has 3 aromatic rings. The fraction of sp³-hybridized carbons (Fsp3) is 0.182. The summed E-state index contributed by atoms with van der Waals surface area (Å²) in [6.07, 6.45) is 2.31. The lowest BCUT2D eigenvalue weighted by molar-refractivity contribution is -0.135. The van der Waals surface area contributed by atoms with Crippen LogP contribution in [0, 0.1) is 5.82 Å². The highest BCUT2D eigenvalue weighted by atomic mass is 19.1. The number of rotatable bonds is 6. The van der Waals surface area contributed by atoms with E-state index in [1.165, 1.54) is 19.2 Å². The minimum Gasteiger partial charge on any atom is -0.497 e. The number of H-pyrrole nitrogens is 1. The molecule has 0 radical (unpaired) electrons. The molecule has 2 N–H and O–H groups in total. The van der Waals surface area contributed by atoms with Crippen molar-refractivity contribution in [3.8, 4) is 5.75 Å². The number of benzene rings is 2. The van der Waals surface area contributed by atoms with E-state index in [9.17, 15) is 14.0 Å². The molecule has 0 atom stereocenters. The van der Waals surface area contributed by atoms with Crippen molar-refractivity contribution in [2.75, 3.05) is 20.7 Å². The maximum absolute atomic E-state index is 13.1. The van der Waals surface area contributed by atoms with E-state index in [4.69, 9.17) is 4.74 Å². The van der Waals surface area contributed by atoms with Crippen LogP contribution in [-0.2, 0) is 16.0 Å². The fourth-order valence-corrected chi connectivity index (χ4v) is 3.47. The summed E-state index contributed by atoms with van der Waals surface area (Å²) in [6.45, 7) is 0.434. The molecule has 4 rings (SSSR count). The number of amides is 2. The van der Waals surface area contributed by atoms with Crippen molar-refractivity contribution in [2.24, 2.45) is 0 Å². The molecule has 7 heteroatoms. The van der Waals surface area contributed by atoms with E-state index in [0.717, 1.165) is 21.4 Å². The quantitative estimate of drug-likeness (QED) is 0.632. The number of ether oxygens (including phenoxy) is 1. The molecule has 0 saturated carbocycles. The van der Waals surface area contributed by atoms with Crippen molar-refractivity contribution < 1.29 is 18.7 Å². The third kappa shape index (κ3) is 3.35. The Morgan fingerprint density at radius 2 is 1.86 bits per heavy atom. The normalized spacial score (nSPS) is 14.2. The molecule has 1 aromatic heterocycles. The second kappa shape index (κ2) is 7.43. The van der Waals surface area contributed by atoms with E-state index in [1.807, 2.05) is 18.2 Å². The maximum atomic E-state index is 13.1. The smallest absolute Gasteiger partial charge is 0.277 e. The summed E-state index contributed by atoms with van der Waals surface area (Å²) in [5.41, 5.74) is 3.02. The summed E-state index contributed by atoms with van der Waals surface area (Å²) in [6, 6.07) is 11.7. The van der Waals surface area contributed by atoms with Crippen LogP contribution < -0.4 is 10.1 Å². The van der Waals surface area contributed by atoms with E-state index < -0.39 is 0 Å². The van der Waals surface area contributed by atoms with E-state index in [1.54, 1.807) is 25.4 Å². The molecule has 0 spiro atoms. The fourth-order valence-electron chi connectivity index (χ4n) is 3.47. The largest absolute Gasteiger partial charge is 0.497 e. The standard InChI is InChI=1S/C22H20FN3O3/c1-26-21(27)19(17-12-25-18-8-7-15(29-2)11-16(17)18)20(22(26)28)24-10-9-13-3-5-14(23)6-4-13/h3-8,11-12,24-25H,9-10H2,1-2H3. The van der Waals surface area contributed by atoms with E-state index in [-0.39, 0.29) is 23.3 Å². The molecule has 1 aliphatic rings. The Labute approximate surface area is 167 Å². The molecular weight excluding hydrogens is 373 g/mol. The van der Waals surface area contributed by atoms with Gasteiger partial charge in [0.25, 0.3) is 11.8 Å². The van der Waals surface area contributed by atoms with Crippen molar-refractivity contribution in [1.29, 1.82) is 0 Å². The van der Waals surface area contributed by atoms with E-state index in [0.29, 0.717) is 29.9 Å². The summed E-state index contributed by atoms with van der Waals surface area (Å²) >= 11 is 0. The highest BCUT2D eigenvalue weighted by Crippen LogP contribution is 2.33. The van der Waals surface area contributed by atoms with Crippen LogP contribution in [0.5, 0.6) is 5.75 Å². The summed E-state index contributed by atoms with van der Waals surface area (Å²) in [4.78, 5) is 29.7. The van der Waals surface area contributed by atoms with Crippen LogP contribution in [-0.4, -0.2) is 42.4 Å². The molecule has 6 nitrogen and oxygen atoms in total. The zero-order valence-corrected chi connectivity index (χ0v) is 16.1. The van der Waals surface area contributed by atoms with Gasteiger partial charge in [-0.25, -0.2) is 4.39 Å². The molecule has 1 aliphatic heterocycles. The summed E-state index contributed by atoms with van der Waals surface area (Å²) < 4.78 is 18.4. The van der Waals surface area contributed by atoms with Crippen molar-refractivity contribution in [3.63, 3.8) is 0 Å². The van der Waals surface area contributed by atoms with Gasteiger partial charge in [0.1, 0.15) is 17.3 Å². The Bertz CT molecular complexity index is 1130. The van der Waals surface area contributed by atoms with Crippen LogP contribution in [0.25, 0.3) is 16.5 Å². The molecular formula is C22H20FN3O3. The summed E-state index contributed by atoms with van der Waals surface area (Å²) in [5.74, 6) is -0.362. The number of hydrogen-bond acceptors (Lipinski definition) is 4. The van der Waals surface area contributed by atoms with Crippen LogP contribution in [0.3, 0.4) is 0 Å². The predicted molar refractivity (Wildman–Crippen MR) is 108 cm³/mol. The third-order valence-corrected chi connectivity index (χ3v) is 5.07. The van der Waals surface area contributed by atoms with Crippen LogP contribution in [0.2, 0.25) is 0 Å². The van der Waals surface area contributed by atoms with E-state index >= 15 is 0 Å². The zero-order valence-electron chi connectivity index (χ0n) is 16.1. The lowest BCUT2D eigenvalue weighted by Crippen LogP contribution is -2.30. The number of imide groups is 1. The maximum Gasteiger partial charge on any atom is 0.277 e. The number of methoxy groups -OCH3 is 1. The molecule has 2 aromatic carbocycles. The van der Waals surface area contributed by atoms with Gasteiger partial charge in [-0.2, -0.15) is 0 Å². The van der Waals surface area contributed by atoms with Crippen molar-refractivity contribution >= 4 is 28.3 Å². The first-order chi connectivity index (χ1) is 14.0. The van der Waals surface area contributed by atoms with Crippen molar-refractivity contribution in [1.82, 2.24) is 15.2 Å². The monoisotopic (exact) mass is 393 g/mol. The first-order valence-electron chi connectivity index (χ1n) is 9.20. The van der Waals surface area contributed by atoms with Crippen LogP contribution in [0.1, 0.15) is 11.1 Å². The van der Waals surface area contributed by atoms with Crippen LogP contribution in [0.4, 0.5) is 4.39 Å². The van der Waals surface area contributed by atoms with E-state index in [2.05, 4.69) is 10.3 Å². The lowest BCUT2D eigenvalue weighted by atomic mass is 10.0. The molecule has 29 heavy (non-hydrogen) atoms. The average Bonchev–Trinajstić information content (AvgIpc) is 3.23. The predicted octanol–water partition coefficient (Wildman–Crippen LogP) is 2.86. The van der Waals surface area contributed by atoms with Gasteiger partial charge in [-0.05, 0) is 42.3 Å². The lowest BCUT2D eigenvalue weighted by Gasteiger charge is -2.09. The average molecular weight is 393 g/mol. The minimum atomic E-state index is -0.374. The Balaban J connectivity index is 1.67. The van der Waals surface area contributed by atoms with Gasteiger partial charge in [0, 0.05) is 36.3 Å². The number of nitrogens with zero attached hydrogens (tertiary/aromatic N) is 1. The molecule has 0 aliphatic carbocycles. The number of halogens is 1. The number of fused-ring (bicyclic) bond motifs is 1. The Kier molecular flexibility index (Phi) is 4.80. The number of hydrogen-bond donors (Lipinski definition) is 2. The van der Waals surface area contributed by atoms with Gasteiger partial charge >= 0.3 is 0 Å². The van der Waals surface area contributed by atoms with Gasteiger partial charge in [-0.15, -0.1) is 0 Å². The highest BCUT2D eigenvalue weighted by molar-refractivity contribution is 6.36. The van der Waals surface area contributed by atoms with Crippen molar-refractivity contribution in [3.05, 3.63) is 71.3 Å². The Hall–Kier alpha value is -3.61. The molecule has 0 saturated heterocycles. The number of carbonyl (C=O) groups is 2. The first kappa shape index (κ1) is 18.7. The Morgan fingerprint density at radius 1 is 1.10 bits per heavy atom. The van der Waals surface area contributed by atoms with Crippen LogP contribution in [0.15, 0.2) is 54.4 Å². The molecule has 0 unspecified atom stereocenters. The van der Waals surface area contributed by atoms with Gasteiger partial charge in [0.15, 0.2) is 0 Å². The van der Waals surface area contributed by atoms with Gasteiger partial charge < -0.3 is 15.0 Å². The van der Waals surface area contributed by atoms with Gasteiger partial charge in [0.2, 0.25) is 0 Å². The number of nitrogens with one attached hydrogen (secondary N) is 2. The second-order valence-corrected chi connectivity index (χ2v) is 6.84. The number of aromatic amines is 1. The number of aromatic nitrogens is 1. The molecule has 0 bridgehead atoms. The molecule has 148 valence electrons. The SMILES string of the molecule is COc1ccc2[nH]cc(C3=C(NCCc4ccc(F)cc4)C(=O)N(C)C3=O)c2c1. The Morgan fingerprint density at radius 3 is 2.59 bits per heavy atom. The topological polar surface area (TPSA) is 74.4 Å². The number of carbonyl (C=O) groups excluding carboxylic acids is 2. The van der Waals surface area contributed by atoms with Gasteiger partial charge in [-0.1, -0.05) is 12.1 Å². The van der Waals surface area contributed by atoms with Crippen molar-refractivity contribution in [2.45, 2.75) is 6.42 Å². The van der Waals surface area contributed by atoms with Gasteiger partial charge in [-0.3, -0.25) is 14.5 Å². The highest BCUT2D eigenvalue weighted by Gasteiger charge is 2.37. The zero-order chi connectivity index (χ0) is 20.5. The van der Waals surface area contributed by atoms with Crippen LogP contribution >= 0.6 is 0 Å². The van der Waals surface area contributed by atoms with Gasteiger partial charge in [0.05, 0.1) is 12.7 Å². The summed E-state index contributed by atoms with van der Waals surface area (Å²) in [5, 5.41) is 3.92.